The fraction of sp³-hybridized carbons (Fsp3) is 0.316. The molecule has 2 saturated heterocycles. The van der Waals surface area contributed by atoms with E-state index in [-0.39, 0.29) is 12.5 Å². The number of thioether (sulfide) groups is 1. The zero-order valence-corrected chi connectivity index (χ0v) is 15.3. The van der Waals surface area contributed by atoms with Crippen molar-refractivity contribution in [1.29, 1.82) is 0 Å². The minimum absolute atomic E-state index is 0.219. The molecule has 136 valence electrons. The Morgan fingerprint density at radius 2 is 1.88 bits per heavy atom. The fourth-order valence-electron chi connectivity index (χ4n) is 2.74. The van der Waals surface area contributed by atoms with Gasteiger partial charge in [0.25, 0.3) is 11.1 Å². The van der Waals surface area contributed by atoms with Crippen LogP contribution in [0.3, 0.4) is 0 Å². The molecule has 3 rings (SSSR count). The zero-order chi connectivity index (χ0) is 18.5. The highest BCUT2D eigenvalue weighted by atomic mass is 32.2. The van der Waals surface area contributed by atoms with Gasteiger partial charge in [-0.2, -0.15) is 0 Å². The van der Waals surface area contributed by atoms with E-state index in [0.717, 1.165) is 27.8 Å². The number of morpholine rings is 1. The Morgan fingerprint density at radius 1 is 1.19 bits per heavy atom. The minimum atomic E-state index is -0.414. The number of allylic oxidation sites excluding steroid dienone is 2. The Hall–Kier alpha value is -2.38. The number of ether oxygens (including phenoxy) is 1. The standard InChI is InChI=1S/C19H20N2O4S/c1-14(11-15-5-3-2-4-6-15)12-16-18(23)21(19(24)26-16)13-17(22)20-7-9-25-10-8-20/h2-6,11-12H,7-10,13H2,1H3/b14-11+,16-12-. The number of nitrogens with zero attached hydrogens (tertiary/aromatic N) is 2. The van der Waals surface area contributed by atoms with E-state index in [1.54, 1.807) is 11.0 Å². The number of imide groups is 1. The first-order chi connectivity index (χ1) is 12.5. The van der Waals surface area contributed by atoms with Crippen LogP contribution >= 0.6 is 11.8 Å². The van der Waals surface area contributed by atoms with E-state index in [2.05, 4.69) is 0 Å². The average molecular weight is 372 g/mol. The molecule has 26 heavy (non-hydrogen) atoms. The van der Waals surface area contributed by atoms with Gasteiger partial charge in [-0.3, -0.25) is 19.3 Å². The van der Waals surface area contributed by atoms with Crippen molar-refractivity contribution in [3.63, 3.8) is 0 Å². The molecule has 0 aliphatic carbocycles. The van der Waals surface area contributed by atoms with Crippen molar-refractivity contribution in [3.8, 4) is 0 Å². The smallest absolute Gasteiger partial charge is 0.294 e. The second-order valence-electron chi connectivity index (χ2n) is 6.06. The maximum absolute atomic E-state index is 12.5. The lowest BCUT2D eigenvalue weighted by molar-refractivity contribution is -0.139. The van der Waals surface area contributed by atoms with Crippen LogP contribution in [0, 0.1) is 0 Å². The molecule has 3 amide bonds. The number of carbonyl (C=O) groups is 3. The van der Waals surface area contributed by atoms with Crippen molar-refractivity contribution < 1.29 is 19.1 Å². The molecule has 0 unspecified atom stereocenters. The monoisotopic (exact) mass is 372 g/mol. The summed E-state index contributed by atoms with van der Waals surface area (Å²) in [5.41, 5.74) is 1.88. The van der Waals surface area contributed by atoms with Gasteiger partial charge in [0.15, 0.2) is 0 Å². The van der Waals surface area contributed by atoms with Gasteiger partial charge in [0.2, 0.25) is 5.91 Å². The van der Waals surface area contributed by atoms with E-state index in [9.17, 15) is 14.4 Å². The summed E-state index contributed by atoms with van der Waals surface area (Å²) in [6.45, 7) is 3.60. The Labute approximate surface area is 156 Å². The molecule has 0 bridgehead atoms. The summed E-state index contributed by atoms with van der Waals surface area (Å²) in [6.07, 6.45) is 3.63. The van der Waals surface area contributed by atoms with Crippen LogP contribution in [0.5, 0.6) is 0 Å². The molecule has 2 fully saturated rings. The maximum Gasteiger partial charge on any atom is 0.294 e. The first-order valence-corrected chi connectivity index (χ1v) is 9.20. The molecule has 0 spiro atoms. The molecular weight excluding hydrogens is 352 g/mol. The third kappa shape index (κ3) is 4.42. The second-order valence-corrected chi connectivity index (χ2v) is 7.05. The van der Waals surface area contributed by atoms with Gasteiger partial charge < -0.3 is 9.64 Å². The summed E-state index contributed by atoms with van der Waals surface area (Å²) in [7, 11) is 0. The fourth-order valence-corrected chi connectivity index (χ4v) is 3.63. The summed E-state index contributed by atoms with van der Waals surface area (Å²) in [4.78, 5) is 40.0. The molecule has 0 atom stereocenters. The van der Waals surface area contributed by atoms with Gasteiger partial charge >= 0.3 is 0 Å². The van der Waals surface area contributed by atoms with Crippen LogP contribution in [0.25, 0.3) is 6.08 Å². The predicted octanol–water partition coefficient (Wildman–Crippen LogP) is 2.53. The molecule has 7 heteroatoms. The third-order valence-electron chi connectivity index (χ3n) is 4.08. The van der Waals surface area contributed by atoms with Crippen molar-refractivity contribution in [1.82, 2.24) is 9.80 Å². The van der Waals surface area contributed by atoms with Gasteiger partial charge in [-0.05, 0) is 35.9 Å². The van der Waals surface area contributed by atoms with Gasteiger partial charge in [-0.1, -0.05) is 36.4 Å². The van der Waals surface area contributed by atoms with Crippen molar-refractivity contribution in [3.05, 3.63) is 52.4 Å². The van der Waals surface area contributed by atoms with Gasteiger partial charge in [-0.25, -0.2) is 0 Å². The van der Waals surface area contributed by atoms with Crippen LogP contribution < -0.4 is 0 Å². The minimum Gasteiger partial charge on any atom is -0.378 e. The predicted molar refractivity (Wildman–Crippen MR) is 100 cm³/mol. The Kier molecular flexibility index (Phi) is 5.90. The first kappa shape index (κ1) is 18.4. The van der Waals surface area contributed by atoms with Crippen LogP contribution in [0.15, 0.2) is 46.9 Å². The topological polar surface area (TPSA) is 66.9 Å². The average Bonchev–Trinajstić information content (AvgIpc) is 2.90. The number of amides is 3. The van der Waals surface area contributed by atoms with Crippen molar-refractivity contribution in [2.45, 2.75) is 6.92 Å². The lowest BCUT2D eigenvalue weighted by Crippen LogP contribution is -2.46. The molecule has 2 aliphatic rings. The van der Waals surface area contributed by atoms with Crippen molar-refractivity contribution in [2.75, 3.05) is 32.8 Å². The van der Waals surface area contributed by atoms with E-state index in [1.807, 2.05) is 43.3 Å². The molecule has 2 aliphatic heterocycles. The van der Waals surface area contributed by atoms with Crippen LogP contribution in [0.1, 0.15) is 12.5 Å². The molecular formula is C19H20N2O4S. The Bertz CT molecular complexity index is 767. The third-order valence-corrected chi connectivity index (χ3v) is 4.99. The highest BCUT2D eigenvalue weighted by Crippen LogP contribution is 2.31. The normalized spacial score (nSPS) is 20.2. The number of carbonyl (C=O) groups excluding carboxylic acids is 3. The van der Waals surface area contributed by atoms with Crippen LogP contribution in [0.4, 0.5) is 4.79 Å². The number of hydrogen-bond acceptors (Lipinski definition) is 5. The molecule has 1 aromatic carbocycles. The van der Waals surface area contributed by atoms with Crippen molar-refractivity contribution >= 4 is 34.9 Å². The Morgan fingerprint density at radius 3 is 2.58 bits per heavy atom. The Balaban J connectivity index is 1.68. The van der Waals surface area contributed by atoms with Crippen LogP contribution in [0.2, 0.25) is 0 Å². The van der Waals surface area contributed by atoms with E-state index in [0.29, 0.717) is 31.2 Å². The molecule has 0 N–H and O–H groups in total. The summed E-state index contributed by atoms with van der Waals surface area (Å²) in [5, 5.41) is -0.407. The highest BCUT2D eigenvalue weighted by molar-refractivity contribution is 8.18. The highest BCUT2D eigenvalue weighted by Gasteiger charge is 2.37. The lowest BCUT2D eigenvalue weighted by Gasteiger charge is -2.28. The lowest BCUT2D eigenvalue weighted by atomic mass is 10.1. The van der Waals surface area contributed by atoms with E-state index >= 15 is 0 Å². The van der Waals surface area contributed by atoms with Gasteiger partial charge in [0, 0.05) is 13.1 Å². The molecule has 0 saturated carbocycles. The van der Waals surface area contributed by atoms with Gasteiger partial charge in [0.05, 0.1) is 18.1 Å². The molecule has 6 nitrogen and oxygen atoms in total. The molecule has 2 heterocycles. The largest absolute Gasteiger partial charge is 0.378 e. The number of hydrogen-bond donors (Lipinski definition) is 0. The van der Waals surface area contributed by atoms with E-state index < -0.39 is 11.1 Å². The quantitative estimate of drug-likeness (QED) is 0.760. The zero-order valence-electron chi connectivity index (χ0n) is 14.5. The summed E-state index contributed by atoms with van der Waals surface area (Å²) >= 11 is 0.872. The molecule has 1 aromatic rings. The van der Waals surface area contributed by atoms with Crippen LogP contribution in [-0.4, -0.2) is 59.7 Å². The second kappa shape index (κ2) is 8.33. The van der Waals surface area contributed by atoms with Crippen LogP contribution in [-0.2, 0) is 14.3 Å². The summed E-state index contributed by atoms with van der Waals surface area (Å²) in [6, 6.07) is 9.73. The maximum atomic E-state index is 12.5. The van der Waals surface area contributed by atoms with Crippen molar-refractivity contribution in [2.24, 2.45) is 0 Å². The van der Waals surface area contributed by atoms with E-state index in [1.165, 1.54) is 0 Å². The number of benzene rings is 1. The first-order valence-electron chi connectivity index (χ1n) is 8.39. The summed E-state index contributed by atoms with van der Waals surface area (Å²) < 4.78 is 5.21. The van der Waals surface area contributed by atoms with E-state index in [4.69, 9.17) is 4.74 Å². The molecule has 0 aromatic heterocycles. The summed E-state index contributed by atoms with van der Waals surface area (Å²) in [5.74, 6) is -0.643. The van der Waals surface area contributed by atoms with Gasteiger partial charge in [0.1, 0.15) is 6.54 Å². The number of rotatable bonds is 4. The SMILES string of the molecule is CC(/C=C1\SC(=O)N(CC(=O)N2CCOCC2)C1=O)=C\c1ccccc1. The molecule has 0 radical (unpaired) electrons. The van der Waals surface area contributed by atoms with Gasteiger partial charge in [-0.15, -0.1) is 0 Å².